The summed E-state index contributed by atoms with van der Waals surface area (Å²) in [4.78, 5) is 23.2. The maximum absolute atomic E-state index is 12.6. The molecule has 28 nitrogen and oxygen atoms in total. The summed E-state index contributed by atoms with van der Waals surface area (Å²) in [7, 11) is -18.7. The molecule has 352 valence electrons. The maximum Gasteiger partial charge on any atom is 0.295 e. The summed E-state index contributed by atoms with van der Waals surface area (Å²) in [5.41, 5.74) is -0.385. The van der Waals surface area contributed by atoms with E-state index >= 15 is 0 Å². The Labute approximate surface area is 365 Å². The molecule has 0 spiro atoms. The molecule has 64 heavy (non-hydrogen) atoms. The molecule has 0 aliphatic rings. The fourth-order valence-corrected chi connectivity index (χ4v) is 7.17. The second-order valence-corrected chi connectivity index (χ2v) is 19.1. The molecule has 2 aromatic carbocycles. The summed E-state index contributed by atoms with van der Waals surface area (Å²) in [6, 6.07) is 7.03. The van der Waals surface area contributed by atoms with Gasteiger partial charge in [0.1, 0.15) is 9.79 Å². The average Bonchev–Trinajstić information content (AvgIpc) is 3.18. The fraction of sp³-hybridized carbons (Fsp3) is 0.375. The van der Waals surface area contributed by atoms with E-state index < -0.39 is 87.2 Å². The Hall–Kier alpha value is -5.52. The summed E-state index contributed by atoms with van der Waals surface area (Å²) in [6.45, 7) is -1.58. The van der Waals surface area contributed by atoms with Crippen molar-refractivity contribution in [1.29, 1.82) is 0 Å². The number of nitrogens with one attached hydrogen (secondary N) is 6. The van der Waals surface area contributed by atoms with Gasteiger partial charge in [0.25, 0.3) is 40.5 Å². The predicted molar refractivity (Wildman–Crippen MR) is 230 cm³/mol. The monoisotopic (exact) mass is 980 g/mol. The normalized spacial score (nSPS) is 13.3. The lowest BCUT2D eigenvalue weighted by Crippen LogP contribution is -2.19. The molecule has 0 bridgehead atoms. The van der Waals surface area contributed by atoms with Crippen LogP contribution in [0.4, 0.5) is 47.1 Å². The largest absolute Gasteiger partial charge is 0.394 e. The molecular formula is C32H44N12O16S4. The van der Waals surface area contributed by atoms with Gasteiger partial charge in [-0.05, 0) is 48.2 Å². The quantitative estimate of drug-likeness (QED) is 0.0268. The highest BCUT2D eigenvalue weighted by molar-refractivity contribution is 7.86. The summed E-state index contributed by atoms with van der Waals surface area (Å²) in [5.74, 6) is -2.52. The highest BCUT2D eigenvalue weighted by atomic mass is 32.2. The molecular weight excluding hydrogens is 937 g/mol. The lowest BCUT2D eigenvalue weighted by Gasteiger charge is -2.13. The molecule has 0 amide bonds. The number of aliphatic hydroxyl groups is 4. The first kappa shape index (κ1) is 51.1. The van der Waals surface area contributed by atoms with E-state index in [0.717, 1.165) is 24.3 Å². The molecule has 2 aromatic heterocycles. The van der Waals surface area contributed by atoms with Crippen LogP contribution in [0, 0.1) is 0 Å². The molecule has 0 saturated carbocycles. The smallest absolute Gasteiger partial charge is 0.295 e. The van der Waals surface area contributed by atoms with Crippen molar-refractivity contribution in [2.24, 2.45) is 0 Å². The van der Waals surface area contributed by atoms with Gasteiger partial charge >= 0.3 is 0 Å². The van der Waals surface area contributed by atoms with E-state index in [1.807, 2.05) is 0 Å². The minimum Gasteiger partial charge on any atom is -0.394 e. The van der Waals surface area contributed by atoms with Crippen molar-refractivity contribution in [3.63, 3.8) is 0 Å². The van der Waals surface area contributed by atoms with Crippen LogP contribution in [0.3, 0.4) is 0 Å². The number of hydrogen-bond acceptors (Lipinski definition) is 24. The zero-order chi connectivity index (χ0) is 47.3. The Morgan fingerprint density at radius 3 is 1.09 bits per heavy atom. The van der Waals surface area contributed by atoms with Gasteiger partial charge in [0.05, 0.1) is 36.9 Å². The van der Waals surface area contributed by atoms with Gasteiger partial charge in [-0.15, -0.1) is 0 Å². The molecule has 0 saturated heterocycles. The second kappa shape index (κ2) is 22.4. The van der Waals surface area contributed by atoms with E-state index in [-0.39, 0.29) is 97.2 Å². The third-order valence-corrected chi connectivity index (χ3v) is 11.3. The molecule has 4 aromatic rings. The third-order valence-electron chi connectivity index (χ3n) is 8.04. The van der Waals surface area contributed by atoms with Gasteiger partial charge in [-0.25, -0.2) is 0 Å². The molecule has 2 atom stereocenters. The first-order valence-electron chi connectivity index (χ1n) is 18.3. The Balaban J connectivity index is 1.63. The fourth-order valence-electron chi connectivity index (χ4n) is 5.03. The Morgan fingerprint density at radius 1 is 0.484 bits per heavy atom. The summed E-state index contributed by atoms with van der Waals surface area (Å²) in [5, 5.41) is 53.6. The highest BCUT2D eigenvalue weighted by Gasteiger charge is 2.20. The molecule has 32 heteroatoms. The van der Waals surface area contributed by atoms with E-state index in [2.05, 4.69) is 61.8 Å². The molecule has 2 unspecified atom stereocenters. The summed E-state index contributed by atoms with van der Waals surface area (Å²) in [6.07, 6.45) is 0.258. The van der Waals surface area contributed by atoms with Crippen molar-refractivity contribution >= 4 is 99.7 Å². The molecule has 0 radical (unpaired) electrons. The standard InChI is InChI=1S/C32H44N12O16S4/c45-17-23(47)7-9-33-27-39-29(35-11-13-61(49,50)51)43-31(41-27)37-21-5-3-19(25(15-21)63(55,56)57)1-2-20-4-6-22(16-26(20)64(58,59)60)38-32-42-28(34-10-8-24(48)18-46)40-30(44-32)36-12-14-62(52,53)54/h1-6,15-16,23-24,45-48H,7-14,17-18H2,(H,49,50,51)(H,52,53,54)(H,55,56,57)(H,58,59,60)(H3,33,35,37,39,41,43)(H3,34,36,38,40,42,44)/b2-1+. The third kappa shape index (κ3) is 17.6. The SMILES string of the molecule is O=S(=O)(O)CCNc1nc(NCCC(O)CO)nc(Nc2ccc(/C=C/c3ccc(Nc4nc(NCCC(O)CO)nc(NCCS(=O)(=O)O)n4)cc3S(=O)(=O)O)c(S(=O)(=O)O)c2)n1. The van der Waals surface area contributed by atoms with Gasteiger partial charge in [-0.3, -0.25) is 18.2 Å². The topological polar surface area (TPSA) is 448 Å². The number of anilines is 8. The lowest BCUT2D eigenvalue weighted by molar-refractivity contribution is 0.0910. The molecule has 4 rings (SSSR count). The van der Waals surface area contributed by atoms with Crippen molar-refractivity contribution in [2.75, 3.05) is 82.8 Å². The van der Waals surface area contributed by atoms with E-state index in [1.165, 1.54) is 24.3 Å². The Morgan fingerprint density at radius 2 is 0.797 bits per heavy atom. The van der Waals surface area contributed by atoms with Gasteiger partial charge in [-0.1, -0.05) is 24.3 Å². The second-order valence-electron chi connectivity index (χ2n) is 13.2. The molecule has 0 fully saturated rings. The van der Waals surface area contributed by atoms with Gasteiger partial charge < -0.3 is 52.3 Å². The Bertz CT molecular complexity index is 2550. The summed E-state index contributed by atoms with van der Waals surface area (Å²) >= 11 is 0. The van der Waals surface area contributed by atoms with Crippen LogP contribution in [-0.4, -0.2) is 165 Å². The highest BCUT2D eigenvalue weighted by Crippen LogP contribution is 2.28. The van der Waals surface area contributed by atoms with Crippen LogP contribution in [0.25, 0.3) is 12.2 Å². The first-order valence-corrected chi connectivity index (χ1v) is 24.4. The number of benzene rings is 2. The van der Waals surface area contributed by atoms with Crippen molar-refractivity contribution in [1.82, 2.24) is 29.9 Å². The van der Waals surface area contributed by atoms with Gasteiger partial charge in [0, 0.05) is 37.6 Å². The first-order chi connectivity index (χ1) is 29.9. The van der Waals surface area contributed by atoms with Crippen LogP contribution in [0.2, 0.25) is 0 Å². The molecule has 14 N–H and O–H groups in total. The molecule has 0 aliphatic heterocycles. The van der Waals surface area contributed by atoms with Crippen molar-refractivity contribution in [3.8, 4) is 0 Å². The number of aromatic nitrogens is 6. The Kier molecular flexibility index (Phi) is 17.9. The number of hydrogen-bond donors (Lipinski definition) is 14. The zero-order valence-corrected chi connectivity index (χ0v) is 36.3. The van der Waals surface area contributed by atoms with Crippen LogP contribution in [0.1, 0.15) is 24.0 Å². The number of aliphatic hydroxyl groups excluding tert-OH is 4. The maximum atomic E-state index is 12.6. The zero-order valence-electron chi connectivity index (χ0n) is 33.0. The molecule has 2 heterocycles. The van der Waals surface area contributed by atoms with Gasteiger partial charge in [0.15, 0.2) is 0 Å². The van der Waals surface area contributed by atoms with Crippen LogP contribution in [-0.2, 0) is 40.5 Å². The van der Waals surface area contributed by atoms with E-state index in [1.54, 1.807) is 0 Å². The number of rotatable bonds is 26. The van der Waals surface area contributed by atoms with Crippen molar-refractivity contribution < 1.29 is 72.3 Å². The van der Waals surface area contributed by atoms with Crippen molar-refractivity contribution in [3.05, 3.63) is 47.5 Å². The van der Waals surface area contributed by atoms with Crippen LogP contribution in [0.15, 0.2) is 46.2 Å². The average molecular weight is 981 g/mol. The van der Waals surface area contributed by atoms with E-state index in [4.69, 9.17) is 19.3 Å². The summed E-state index contributed by atoms with van der Waals surface area (Å²) < 4.78 is 133. The van der Waals surface area contributed by atoms with Gasteiger partial charge in [0.2, 0.25) is 35.7 Å². The predicted octanol–water partition coefficient (Wildman–Crippen LogP) is -0.883. The van der Waals surface area contributed by atoms with Crippen LogP contribution >= 0.6 is 0 Å². The van der Waals surface area contributed by atoms with Crippen LogP contribution in [0.5, 0.6) is 0 Å². The minimum atomic E-state index is -5.00. The lowest BCUT2D eigenvalue weighted by atomic mass is 10.1. The van der Waals surface area contributed by atoms with Gasteiger partial charge in [-0.2, -0.15) is 63.6 Å². The van der Waals surface area contributed by atoms with E-state index in [9.17, 15) is 53.0 Å². The number of nitrogens with zero attached hydrogens (tertiary/aromatic N) is 6. The minimum absolute atomic E-state index is 0.0215. The molecule has 0 aliphatic carbocycles. The van der Waals surface area contributed by atoms with Crippen LogP contribution < -0.4 is 31.9 Å². The van der Waals surface area contributed by atoms with Crippen molar-refractivity contribution in [2.45, 2.75) is 34.8 Å². The van der Waals surface area contributed by atoms with E-state index in [0.29, 0.717) is 0 Å².